The third-order valence-electron chi connectivity index (χ3n) is 3.05. The molecule has 0 radical (unpaired) electrons. The second kappa shape index (κ2) is 6.95. The number of hydrogen-bond acceptors (Lipinski definition) is 3. The highest BCUT2D eigenvalue weighted by Crippen LogP contribution is 2.19. The van der Waals surface area contributed by atoms with E-state index in [0.717, 1.165) is 31.8 Å². The highest BCUT2D eigenvalue weighted by atomic mass is 16.5. The van der Waals surface area contributed by atoms with Gasteiger partial charge in [0, 0.05) is 31.0 Å². The molecule has 2 aromatic rings. The van der Waals surface area contributed by atoms with Crippen LogP contribution in [-0.4, -0.2) is 23.4 Å². The Kier molecular flexibility index (Phi) is 4.98. The molecule has 4 nitrogen and oxygen atoms in total. The fourth-order valence-electron chi connectivity index (χ4n) is 2.07. The second-order valence-corrected chi connectivity index (χ2v) is 4.61. The van der Waals surface area contributed by atoms with Gasteiger partial charge in [-0.3, -0.25) is 4.68 Å². The maximum absolute atomic E-state index is 5.36. The number of rotatable bonds is 7. The van der Waals surface area contributed by atoms with Crippen LogP contribution in [0.15, 0.2) is 36.7 Å². The van der Waals surface area contributed by atoms with Gasteiger partial charge in [0.25, 0.3) is 0 Å². The van der Waals surface area contributed by atoms with Gasteiger partial charge < -0.3 is 10.1 Å². The summed E-state index contributed by atoms with van der Waals surface area (Å²) < 4.78 is 7.32. The maximum Gasteiger partial charge on any atom is 0.123 e. The smallest absolute Gasteiger partial charge is 0.123 e. The van der Waals surface area contributed by atoms with Gasteiger partial charge in [-0.1, -0.05) is 17.7 Å². The van der Waals surface area contributed by atoms with E-state index in [9.17, 15) is 0 Å². The summed E-state index contributed by atoms with van der Waals surface area (Å²) in [6.07, 6.45) is 4.87. The van der Waals surface area contributed by atoms with Crippen LogP contribution in [0.3, 0.4) is 0 Å². The van der Waals surface area contributed by atoms with Crippen molar-refractivity contribution in [3.05, 3.63) is 47.8 Å². The van der Waals surface area contributed by atoms with E-state index < -0.39 is 0 Å². The van der Waals surface area contributed by atoms with Gasteiger partial charge in [0.15, 0.2) is 0 Å². The van der Waals surface area contributed by atoms with Crippen LogP contribution in [0, 0.1) is 6.92 Å². The zero-order chi connectivity index (χ0) is 13.5. The SMILES string of the molecule is COc1ccc(C)cc1CNCCCn1cccn1. The lowest BCUT2D eigenvalue weighted by molar-refractivity contribution is 0.407. The van der Waals surface area contributed by atoms with E-state index >= 15 is 0 Å². The minimum atomic E-state index is 0.837. The van der Waals surface area contributed by atoms with E-state index in [1.54, 1.807) is 7.11 Å². The summed E-state index contributed by atoms with van der Waals surface area (Å²) >= 11 is 0. The maximum atomic E-state index is 5.36. The number of aryl methyl sites for hydroxylation is 2. The molecule has 0 amide bonds. The van der Waals surface area contributed by atoms with Crippen molar-refractivity contribution in [2.75, 3.05) is 13.7 Å². The molecule has 0 unspecified atom stereocenters. The fourth-order valence-corrected chi connectivity index (χ4v) is 2.07. The highest BCUT2D eigenvalue weighted by molar-refractivity contribution is 5.36. The molecule has 1 N–H and O–H groups in total. The number of nitrogens with zero attached hydrogens (tertiary/aromatic N) is 2. The van der Waals surface area contributed by atoms with Crippen molar-refractivity contribution in [3.8, 4) is 5.75 Å². The first-order valence-electron chi connectivity index (χ1n) is 6.61. The van der Waals surface area contributed by atoms with Crippen LogP contribution in [-0.2, 0) is 13.1 Å². The predicted octanol–water partition coefficient (Wildman–Crippen LogP) is 2.38. The van der Waals surface area contributed by atoms with E-state index in [2.05, 4.69) is 29.5 Å². The van der Waals surface area contributed by atoms with E-state index in [1.165, 1.54) is 11.1 Å². The summed E-state index contributed by atoms with van der Waals surface area (Å²) in [6, 6.07) is 8.21. The van der Waals surface area contributed by atoms with E-state index in [0.29, 0.717) is 0 Å². The number of methoxy groups -OCH3 is 1. The van der Waals surface area contributed by atoms with Crippen molar-refractivity contribution in [2.24, 2.45) is 0 Å². The standard InChI is InChI=1S/C15H21N3O/c1-13-5-6-15(19-2)14(11-13)12-16-7-3-9-18-10-4-8-17-18/h4-6,8,10-11,16H,3,7,9,12H2,1-2H3. The largest absolute Gasteiger partial charge is 0.496 e. The minimum Gasteiger partial charge on any atom is -0.496 e. The van der Waals surface area contributed by atoms with Crippen molar-refractivity contribution < 1.29 is 4.74 Å². The molecule has 1 aromatic carbocycles. The lowest BCUT2D eigenvalue weighted by Gasteiger charge is -2.10. The Hall–Kier alpha value is -1.81. The summed E-state index contributed by atoms with van der Waals surface area (Å²) in [5.41, 5.74) is 2.47. The Balaban J connectivity index is 1.74. The molecule has 0 aliphatic carbocycles. The molecule has 0 atom stereocenters. The zero-order valence-electron chi connectivity index (χ0n) is 11.6. The normalized spacial score (nSPS) is 10.6. The average Bonchev–Trinajstić information content (AvgIpc) is 2.92. The molecule has 1 aromatic heterocycles. The van der Waals surface area contributed by atoms with Gasteiger partial charge in [-0.25, -0.2) is 0 Å². The van der Waals surface area contributed by atoms with Crippen LogP contribution in [0.4, 0.5) is 0 Å². The molecule has 102 valence electrons. The predicted molar refractivity (Wildman–Crippen MR) is 76.3 cm³/mol. The third-order valence-corrected chi connectivity index (χ3v) is 3.05. The lowest BCUT2D eigenvalue weighted by Crippen LogP contribution is -2.17. The zero-order valence-corrected chi connectivity index (χ0v) is 11.6. The third kappa shape index (κ3) is 4.10. The number of nitrogens with one attached hydrogen (secondary N) is 1. The molecule has 2 rings (SSSR count). The van der Waals surface area contributed by atoms with Crippen LogP contribution in [0.25, 0.3) is 0 Å². The number of ether oxygens (including phenoxy) is 1. The Morgan fingerprint density at radius 3 is 3.00 bits per heavy atom. The van der Waals surface area contributed by atoms with Crippen LogP contribution in [0.1, 0.15) is 17.5 Å². The van der Waals surface area contributed by atoms with Gasteiger partial charge in [-0.2, -0.15) is 5.10 Å². The molecule has 0 fully saturated rings. The molecule has 4 heteroatoms. The van der Waals surface area contributed by atoms with Gasteiger partial charge in [0.2, 0.25) is 0 Å². The van der Waals surface area contributed by atoms with Crippen molar-refractivity contribution in [1.82, 2.24) is 15.1 Å². The monoisotopic (exact) mass is 259 g/mol. The lowest BCUT2D eigenvalue weighted by atomic mass is 10.1. The van der Waals surface area contributed by atoms with Gasteiger partial charge in [-0.05, 0) is 32.0 Å². The molecule has 0 aliphatic heterocycles. The topological polar surface area (TPSA) is 39.1 Å². The molecule has 19 heavy (non-hydrogen) atoms. The van der Waals surface area contributed by atoms with Gasteiger partial charge in [-0.15, -0.1) is 0 Å². The summed E-state index contributed by atoms with van der Waals surface area (Å²) in [4.78, 5) is 0. The fraction of sp³-hybridized carbons (Fsp3) is 0.400. The molecule has 0 saturated heterocycles. The van der Waals surface area contributed by atoms with Crippen molar-refractivity contribution in [3.63, 3.8) is 0 Å². The number of hydrogen-bond donors (Lipinski definition) is 1. The Bertz CT molecular complexity index is 494. The van der Waals surface area contributed by atoms with Gasteiger partial charge >= 0.3 is 0 Å². The molecular weight excluding hydrogens is 238 g/mol. The minimum absolute atomic E-state index is 0.837. The highest BCUT2D eigenvalue weighted by Gasteiger charge is 2.02. The second-order valence-electron chi connectivity index (χ2n) is 4.61. The van der Waals surface area contributed by atoms with Crippen LogP contribution in [0.5, 0.6) is 5.75 Å². The number of benzene rings is 1. The first-order valence-corrected chi connectivity index (χ1v) is 6.61. The van der Waals surface area contributed by atoms with Crippen LogP contribution >= 0.6 is 0 Å². The van der Waals surface area contributed by atoms with Crippen LogP contribution < -0.4 is 10.1 Å². The summed E-state index contributed by atoms with van der Waals surface area (Å²) in [6.45, 7) is 4.85. The molecule has 0 aliphatic rings. The molecular formula is C15H21N3O. The summed E-state index contributed by atoms with van der Waals surface area (Å²) in [5.74, 6) is 0.949. The Morgan fingerprint density at radius 2 is 2.26 bits per heavy atom. The van der Waals surface area contributed by atoms with E-state index in [-0.39, 0.29) is 0 Å². The molecule has 1 heterocycles. The van der Waals surface area contributed by atoms with E-state index in [1.807, 2.05) is 29.2 Å². The van der Waals surface area contributed by atoms with Crippen molar-refractivity contribution >= 4 is 0 Å². The molecule has 0 bridgehead atoms. The van der Waals surface area contributed by atoms with Crippen molar-refractivity contribution in [1.29, 1.82) is 0 Å². The Morgan fingerprint density at radius 1 is 1.37 bits per heavy atom. The number of aromatic nitrogens is 2. The van der Waals surface area contributed by atoms with Crippen LogP contribution in [0.2, 0.25) is 0 Å². The summed E-state index contributed by atoms with van der Waals surface area (Å²) in [5, 5.41) is 7.62. The average molecular weight is 259 g/mol. The Labute approximate surface area is 114 Å². The van der Waals surface area contributed by atoms with Gasteiger partial charge in [0.1, 0.15) is 5.75 Å². The van der Waals surface area contributed by atoms with Crippen molar-refractivity contribution in [2.45, 2.75) is 26.4 Å². The quantitative estimate of drug-likeness (QED) is 0.776. The molecule has 0 saturated carbocycles. The summed E-state index contributed by atoms with van der Waals surface area (Å²) in [7, 11) is 1.71. The van der Waals surface area contributed by atoms with Gasteiger partial charge in [0.05, 0.1) is 7.11 Å². The van der Waals surface area contributed by atoms with E-state index in [4.69, 9.17) is 4.74 Å². The first kappa shape index (κ1) is 13.6. The first-order chi connectivity index (χ1) is 9.29. The molecule has 0 spiro atoms.